The van der Waals surface area contributed by atoms with Crippen molar-refractivity contribution in [1.29, 1.82) is 0 Å². The van der Waals surface area contributed by atoms with E-state index >= 15 is 0 Å². The van der Waals surface area contributed by atoms with Gasteiger partial charge in [0.1, 0.15) is 18.2 Å². The van der Waals surface area contributed by atoms with E-state index in [1.165, 1.54) is 12.1 Å². The highest BCUT2D eigenvalue weighted by atomic mass is 35.5. The van der Waals surface area contributed by atoms with Gasteiger partial charge in [-0.25, -0.2) is 4.39 Å². The third-order valence-corrected chi connectivity index (χ3v) is 7.39. The molecule has 0 aliphatic carbocycles. The van der Waals surface area contributed by atoms with Crippen molar-refractivity contribution in [2.75, 3.05) is 0 Å². The number of rotatable bonds is 6. The summed E-state index contributed by atoms with van der Waals surface area (Å²) in [4.78, 5) is 27.3. The summed E-state index contributed by atoms with van der Waals surface area (Å²) in [5.41, 5.74) is 2.00. The molecule has 4 aromatic rings. The van der Waals surface area contributed by atoms with Crippen LogP contribution in [0.4, 0.5) is 9.18 Å². The van der Waals surface area contributed by atoms with Crippen molar-refractivity contribution in [2.45, 2.75) is 13.2 Å². The molecule has 4 nitrogen and oxygen atoms in total. The largest absolute Gasteiger partial charge is 0.488 e. The number of halogens is 3. The zero-order valence-electron chi connectivity index (χ0n) is 18.7. The van der Waals surface area contributed by atoms with Crippen molar-refractivity contribution in [2.24, 2.45) is 0 Å². The van der Waals surface area contributed by atoms with Crippen molar-refractivity contribution in [3.63, 3.8) is 0 Å². The van der Waals surface area contributed by atoms with E-state index in [0.717, 1.165) is 39.1 Å². The Morgan fingerprint density at radius 3 is 2.47 bits per heavy atom. The normalized spacial score (nSPS) is 14.8. The average molecular weight is 538 g/mol. The number of carbonyl (C=O) groups excluding carboxylic acids is 2. The molecule has 0 radical (unpaired) electrons. The predicted molar refractivity (Wildman–Crippen MR) is 143 cm³/mol. The van der Waals surface area contributed by atoms with Gasteiger partial charge in [-0.3, -0.25) is 14.5 Å². The lowest BCUT2D eigenvalue weighted by molar-refractivity contribution is -0.123. The minimum atomic E-state index is -0.488. The maximum absolute atomic E-state index is 13.4. The number of nitrogens with zero attached hydrogens (tertiary/aromatic N) is 1. The molecule has 8 heteroatoms. The van der Waals surface area contributed by atoms with E-state index in [2.05, 4.69) is 0 Å². The molecule has 1 heterocycles. The monoisotopic (exact) mass is 537 g/mol. The first-order valence-electron chi connectivity index (χ1n) is 11.0. The summed E-state index contributed by atoms with van der Waals surface area (Å²) in [5.74, 6) is -0.379. The van der Waals surface area contributed by atoms with Crippen LogP contribution in [0.15, 0.2) is 83.8 Å². The van der Waals surface area contributed by atoms with Gasteiger partial charge in [-0.15, -0.1) is 0 Å². The second-order valence-corrected chi connectivity index (χ2v) is 9.89. The number of imide groups is 1. The molecule has 5 rings (SSSR count). The summed E-state index contributed by atoms with van der Waals surface area (Å²) in [6, 6.07) is 22.8. The summed E-state index contributed by atoms with van der Waals surface area (Å²) in [6.45, 7) is 0.190. The van der Waals surface area contributed by atoms with Gasteiger partial charge in [0.15, 0.2) is 0 Å². The Kier molecular flexibility index (Phi) is 7.01. The molecule has 2 amide bonds. The number of benzene rings is 4. The van der Waals surface area contributed by atoms with Crippen LogP contribution in [0.5, 0.6) is 5.75 Å². The van der Waals surface area contributed by atoms with Crippen LogP contribution in [0.3, 0.4) is 0 Å². The molecule has 0 saturated carbocycles. The zero-order chi connectivity index (χ0) is 25.2. The standard InChI is InChI=1S/C28H18Cl2FNO3S/c29-23-8-4-2-6-19(23)16-35-25-12-10-17-5-1-3-7-21(17)22(25)14-26-27(33)32(28(34)36-26)15-18-9-11-20(31)13-24(18)30/h1-14H,15-16H2/b26-14-. The average Bonchev–Trinajstić information content (AvgIpc) is 3.13. The van der Waals surface area contributed by atoms with E-state index in [0.29, 0.717) is 21.9 Å². The third kappa shape index (κ3) is 4.98. The van der Waals surface area contributed by atoms with Gasteiger partial charge >= 0.3 is 0 Å². The molecular formula is C28H18Cl2FNO3S. The van der Waals surface area contributed by atoms with E-state index in [9.17, 15) is 14.0 Å². The second kappa shape index (κ2) is 10.3. The Balaban J connectivity index is 1.49. The Morgan fingerprint density at radius 2 is 1.67 bits per heavy atom. The molecule has 0 aromatic heterocycles. The molecule has 0 unspecified atom stereocenters. The molecule has 180 valence electrons. The van der Waals surface area contributed by atoms with Crippen molar-refractivity contribution < 1.29 is 18.7 Å². The first-order valence-corrected chi connectivity index (χ1v) is 12.5. The zero-order valence-corrected chi connectivity index (χ0v) is 21.0. The first-order chi connectivity index (χ1) is 17.4. The van der Waals surface area contributed by atoms with Crippen LogP contribution in [-0.4, -0.2) is 16.0 Å². The van der Waals surface area contributed by atoms with E-state index < -0.39 is 17.0 Å². The quantitative estimate of drug-likeness (QED) is 0.233. The topological polar surface area (TPSA) is 46.6 Å². The number of ether oxygens (including phenoxy) is 1. The number of amides is 2. The van der Waals surface area contributed by atoms with Gasteiger partial charge < -0.3 is 4.74 Å². The lowest BCUT2D eigenvalue weighted by Crippen LogP contribution is -2.27. The highest BCUT2D eigenvalue weighted by Gasteiger charge is 2.35. The summed E-state index contributed by atoms with van der Waals surface area (Å²) in [7, 11) is 0. The summed E-state index contributed by atoms with van der Waals surface area (Å²) >= 11 is 13.2. The molecule has 0 spiro atoms. The van der Waals surface area contributed by atoms with Gasteiger partial charge in [-0.1, -0.05) is 77.8 Å². The molecule has 0 atom stereocenters. The van der Waals surface area contributed by atoms with E-state index in [4.69, 9.17) is 27.9 Å². The number of fused-ring (bicyclic) bond motifs is 1. The maximum Gasteiger partial charge on any atom is 0.293 e. The van der Waals surface area contributed by atoms with Crippen LogP contribution in [0, 0.1) is 5.82 Å². The smallest absolute Gasteiger partial charge is 0.293 e. The summed E-state index contributed by atoms with van der Waals surface area (Å²) < 4.78 is 19.5. The predicted octanol–water partition coefficient (Wildman–Crippen LogP) is 8.10. The Labute approximate surface area is 221 Å². The van der Waals surface area contributed by atoms with Gasteiger partial charge in [0, 0.05) is 21.2 Å². The minimum Gasteiger partial charge on any atom is -0.488 e. The Hall–Kier alpha value is -3.32. The van der Waals surface area contributed by atoms with Gasteiger partial charge in [0.2, 0.25) is 0 Å². The van der Waals surface area contributed by atoms with Crippen LogP contribution in [-0.2, 0) is 17.9 Å². The minimum absolute atomic E-state index is 0.0491. The van der Waals surface area contributed by atoms with Crippen LogP contribution in [0.25, 0.3) is 16.8 Å². The summed E-state index contributed by atoms with van der Waals surface area (Å²) in [5, 5.41) is 2.17. The van der Waals surface area contributed by atoms with Gasteiger partial charge in [-0.2, -0.15) is 0 Å². The molecular weight excluding hydrogens is 520 g/mol. The van der Waals surface area contributed by atoms with Gasteiger partial charge in [-0.05, 0) is 58.4 Å². The number of thioether (sulfide) groups is 1. The fraction of sp³-hybridized carbons (Fsp3) is 0.0714. The molecule has 1 fully saturated rings. The van der Waals surface area contributed by atoms with Crippen molar-refractivity contribution >= 4 is 63.0 Å². The highest BCUT2D eigenvalue weighted by Crippen LogP contribution is 2.38. The van der Waals surface area contributed by atoms with Gasteiger partial charge in [0.25, 0.3) is 11.1 Å². The van der Waals surface area contributed by atoms with Crippen LogP contribution in [0.1, 0.15) is 16.7 Å². The molecule has 0 bridgehead atoms. The molecule has 1 aliphatic heterocycles. The van der Waals surface area contributed by atoms with E-state index in [1.54, 1.807) is 12.1 Å². The summed E-state index contributed by atoms with van der Waals surface area (Å²) in [6.07, 6.45) is 1.68. The van der Waals surface area contributed by atoms with Gasteiger partial charge in [0.05, 0.1) is 11.4 Å². The number of carbonyl (C=O) groups is 2. The van der Waals surface area contributed by atoms with E-state index in [1.807, 2.05) is 54.6 Å². The molecule has 1 saturated heterocycles. The second-order valence-electron chi connectivity index (χ2n) is 8.08. The lowest BCUT2D eigenvalue weighted by atomic mass is 10.0. The van der Waals surface area contributed by atoms with Crippen molar-refractivity contribution in [3.8, 4) is 5.75 Å². The molecule has 4 aromatic carbocycles. The lowest BCUT2D eigenvalue weighted by Gasteiger charge is -2.14. The van der Waals surface area contributed by atoms with Crippen molar-refractivity contribution in [1.82, 2.24) is 4.90 Å². The number of hydrogen-bond donors (Lipinski definition) is 0. The van der Waals surface area contributed by atoms with Crippen LogP contribution >= 0.6 is 35.0 Å². The molecule has 1 aliphatic rings. The molecule has 0 N–H and O–H groups in total. The Morgan fingerprint density at radius 1 is 0.889 bits per heavy atom. The third-order valence-electron chi connectivity index (χ3n) is 5.76. The fourth-order valence-corrected chi connectivity index (χ4v) is 5.15. The SMILES string of the molecule is O=C1S/C(=C\c2c(OCc3ccccc3Cl)ccc3ccccc23)C(=O)N1Cc1ccc(F)cc1Cl. The van der Waals surface area contributed by atoms with Crippen LogP contribution in [0.2, 0.25) is 10.0 Å². The maximum atomic E-state index is 13.4. The fourth-order valence-electron chi connectivity index (χ4n) is 3.91. The first kappa shape index (κ1) is 24.4. The van der Waals surface area contributed by atoms with Crippen LogP contribution < -0.4 is 4.74 Å². The Bertz CT molecular complexity index is 1540. The van der Waals surface area contributed by atoms with E-state index in [-0.39, 0.29) is 23.1 Å². The number of hydrogen-bond acceptors (Lipinski definition) is 4. The van der Waals surface area contributed by atoms with Crippen molar-refractivity contribution in [3.05, 3.63) is 116 Å². The highest BCUT2D eigenvalue weighted by molar-refractivity contribution is 8.18. The molecule has 36 heavy (non-hydrogen) atoms.